The number of hydrogen-bond donors (Lipinski definition) is 5. The minimum absolute atomic E-state index is 0.142. The van der Waals surface area contributed by atoms with Crippen molar-refractivity contribution in [3.05, 3.63) is 78.4 Å². The summed E-state index contributed by atoms with van der Waals surface area (Å²) < 4.78 is 13.1. The van der Waals surface area contributed by atoms with Gasteiger partial charge in [-0.1, -0.05) is 0 Å². The van der Waals surface area contributed by atoms with Crippen LogP contribution in [0.3, 0.4) is 0 Å². The maximum Gasteiger partial charge on any atom is 0.267 e. The van der Waals surface area contributed by atoms with Crippen molar-refractivity contribution in [2.45, 2.75) is 31.7 Å². The molecule has 2 aliphatic rings. The quantitative estimate of drug-likeness (QED) is 0.219. The number of rotatable bonds is 8. The summed E-state index contributed by atoms with van der Waals surface area (Å²) in [5.41, 5.74) is 2.48. The zero-order valence-electron chi connectivity index (χ0n) is 20.3. The van der Waals surface area contributed by atoms with Gasteiger partial charge in [0.25, 0.3) is 5.91 Å². The number of aromatic amines is 1. The van der Waals surface area contributed by atoms with E-state index in [0.717, 1.165) is 29.6 Å². The van der Waals surface area contributed by atoms with E-state index in [4.69, 9.17) is 0 Å². The van der Waals surface area contributed by atoms with Gasteiger partial charge in [-0.05, 0) is 86.3 Å². The molecule has 2 aromatic carbocycles. The zero-order chi connectivity index (χ0) is 26.3. The second-order valence-corrected chi connectivity index (χ2v) is 9.75. The summed E-state index contributed by atoms with van der Waals surface area (Å²) in [5, 5.41) is 12.6. The first kappa shape index (κ1) is 23.7. The van der Waals surface area contributed by atoms with Crippen molar-refractivity contribution in [1.29, 1.82) is 0 Å². The van der Waals surface area contributed by atoms with E-state index in [2.05, 4.69) is 31.2 Å². The lowest BCUT2D eigenvalue weighted by Crippen LogP contribution is -2.35. The number of fused-ring (bicyclic) bond motifs is 1. The number of H-pyrrole nitrogens is 1. The number of nitrogens with one attached hydrogen (secondary N) is 5. The van der Waals surface area contributed by atoms with Gasteiger partial charge in [0.2, 0.25) is 11.8 Å². The van der Waals surface area contributed by atoms with E-state index in [0.29, 0.717) is 35.6 Å². The van der Waals surface area contributed by atoms with E-state index >= 15 is 0 Å². The Morgan fingerprint density at radius 2 is 1.47 bits per heavy atom. The van der Waals surface area contributed by atoms with Crippen molar-refractivity contribution >= 4 is 51.5 Å². The molecule has 6 rings (SSSR count). The van der Waals surface area contributed by atoms with Crippen molar-refractivity contribution in [3.8, 4) is 0 Å². The second kappa shape index (κ2) is 9.29. The molecule has 2 aromatic heterocycles. The Hall–Kier alpha value is -4.73. The molecule has 5 N–H and O–H groups in total. The molecule has 38 heavy (non-hydrogen) atoms. The number of pyridine rings is 1. The van der Waals surface area contributed by atoms with Crippen LogP contribution in [0.2, 0.25) is 0 Å². The standard InChI is InChI=1S/C28H25FN6O3/c29-16-1-3-19(4-2-16)33-26(37)28(12-13-28)27(38)34-20-9-5-17(6-10-20)31-22-11-14-30-24-21(22)15-23(35-24)25(36)32-18-7-8-18/h1-6,9-11,14-15,18H,7-8,12-13H2,(H,32,36)(H,33,37)(H,34,38)(H2,30,31,35). The largest absolute Gasteiger partial charge is 0.355 e. The topological polar surface area (TPSA) is 128 Å². The fourth-order valence-electron chi connectivity index (χ4n) is 4.26. The van der Waals surface area contributed by atoms with E-state index in [-0.39, 0.29) is 17.9 Å². The number of halogens is 1. The molecule has 2 aliphatic carbocycles. The molecule has 0 radical (unpaired) electrons. The zero-order valence-corrected chi connectivity index (χ0v) is 20.3. The van der Waals surface area contributed by atoms with Crippen LogP contribution < -0.4 is 21.3 Å². The Balaban J connectivity index is 1.11. The Morgan fingerprint density at radius 3 is 2.08 bits per heavy atom. The maximum atomic E-state index is 13.1. The molecule has 0 aliphatic heterocycles. The molecular weight excluding hydrogens is 487 g/mol. The highest BCUT2D eigenvalue weighted by atomic mass is 19.1. The lowest BCUT2D eigenvalue weighted by Gasteiger charge is -2.16. The SMILES string of the molecule is O=C(NC1CC1)c1cc2c(Nc3ccc(NC(=O)C4(C(=O)Nc5ccc(F)cc5)CC4)cc3)ccnc2[nH]1. The monoisotopic (exact) mass is 512 g/mol. The van der Waals surface area contributed by atoms with Crippen LogP contribution in [0.15, 0.2) is 66.9 Å². The smallest absolute Gasteiger partial charge is 0.267 e. The van der Waals surface area contributed by atoms with Crippen molar-refractivity contribution in [2.75, 3.05) is 16.0 Å². The van der Waals surface area contributed by atoms with Gasteiger partial charge in [-0.25, -0.2) is 9.37 Å². The Kier molecular flexibility index (Phi) is 5.79. The average molecular weight is 513 g/mol. The van der Waals surface area contributed by atoms with Crippen LogP contribution in [0, 0.1) is 11.2 Å². The maximum absolute atomic E-state index is 13.1. The van der Waals surface area contributed by atoms with E-state index < -0.39 is 17.1 Å². The van der Waals surface area contributed by atoms with E-state index in [1.165, 1.54) is 24.3 Å². The van der Waals surface area contributed by atoms with E-state index in [1.807, 2.05) is 18.2 Å². The van der Waals surface area contributed by atoms with Gasteiger partial charge in [0.15, 0.2) is 0 Å². The third kappa shape index (κ3) is 4.80. The third-order valence-corrected chi connectivity index (χ3v) is 6.83. The van der Waals surface area contributed by atoms with E-state index in [9.17, 15) is 18.8 Å². The number of carbonyl (C=O) groups is 3. The van der Waals surface area contributed by atoms with Crippen molar-refractivity contribution in [2.24, 2.45) is 5.41 Å². The first-order chi connectivity index (χ1) is 18.4. The molecule has 0 saturated heterocycles. The molecule has 2 saturated carbocycles. The number of amides is 3. The van der Waals surface area contributed by atoms with Crippen LogP contribution in [-0.2, 0) is 9.59 Å². The van der Waals surface area contributed by atoms with Crippen molar-refractivity contribution in [1.82, 2.24) is 15.3 Å². The summed E-state index contributed by atoms with van der Waals surface area (Å²) in [6, 6.07) is 16.4. The molecule has 2 heterocycles. The number of aromatic nitrogens is 2. The van der Waals surface area contributed by atoms with Gasteiger partial charge < -0.3 is 26.3 Å². The Morgan fingerprint density at radius 1 is 0.868 bits per heavy atom. The van der Waals surface area contributed by atoms with Crippen LogP contribution in [0.25, 0.3) is 11.0 Å². The fraction of sp³-hybridized carbons (Fsp3) is 0.214. The summed E-state index contributed by atoms with van der Waals surface area (Å²) in [4.78, 5) is 45.5. The number of benzene rings is 2. The average Bonchev–Trinajstić information content (AvgIpc) is 3.84. The molecule has 9 nitrogen and oxygen atoms in total. The van der Waals surface area contributed by atoms with Gasteiger partial charge in [-0.2, -0.15) is 0 Å². The minimum atomic E-state index is -1.13. The summed E-state index contributed by atoms with van der Waals surface area (Å²) in [5.74, 6) is -1.32. The van der Waals surface area contributed by atoms with Crippen LogP contribution in [0.1, 0.15) is 36.2 Å². The lowest BCUT2D eigenvalue weighted by atomic mass is 10.0. The predicted octanol–water partition coefficient (Wildman–Crippen LogP) is 4.70. The highest BCUT2D eigenvalue weighted by Crippen LogP contribution is 2.47. The highest BCUT2D eigenvalue weighted by molar-refractivity contribution is 6.17. The highest BCUT2D eigenvalue weighted by Gasteiger charge is 2.56. The van der Waals surface area contributed by atoms with Gasteiger partial charge in [0.05, 0.1) is 5.69 Å². The molecular formula is C28H25FN6O3. The first-order valence-electron chi connectivity index (χ1n) is 12.4. The number of nitrogens with zero attached hydrogens (tertiary/aromatic N) is 1. The fourth-order valence-corrected chi connectivity index (χ4v) is 4.26. The lowest BCUT2D eigenvalue weighted by molar-refractivity contribution is -0.131. The summed E-state index contributed by atoms with van der Waals surface area (Å²) in [6.45, 7) is 0. The molecule has 0 spiro atoms. The number of carbonyl (C=O) groups excluding carboxylic acids is 3. The van der Waals surface area contributed by atoms with Crippen LogP contribution in [-0.4, -0.2) is 33.7 Å². The van der Waals surface area contributed by atoms with E-state index in [1.54, 1.807) is 24.4 Å². The Bertz CT molecular complexity index is 1540. The normalized spacial score (nSPS) is 15.5. The van der Waals surface area contributed by atoms with Crippen LogP contribution in [0.4, 0.5) is 27.1 Å². The third-order valence-electron chi connectivity index (χ3n) is 6.83. The van der Waals surface area contributed by atoms with Gasteiger partial charge in [0.1, 0.15) is 22.6 Å². The molecule has 192 valence electrons. The molecule has 0 bridgehead atoms. The molecule has 10 heteroatoms. The van der Waals surface area contributed by atoms with Crippen LogP contribution >= 0.6 is 0 Å². The van der Waals surface area contributed by atoms with Gasteiger partial charge in [0, 0.05) is 34.7 Å². The minimum Gasteiger partial charge on any atom is -0.355 e. The molecule has 3 amide bonds. The molecule has 0 unspecified atom stereocenters. The van der Waals surface area contributed by atoms with Crippen molar-refractivity contribution < 1.29 is 18.8 Å². The summed E-state index contributed by atoms with van der Waals surface area (Å²) in [6.07, 6.45) is 4.57. The second-order valence-electron chi connectivity index (χ2n) is 9.75. The van der Waals surface area contributed by atoms with Gasteiger partial charge in [-0.3, -0.25) is 14.4 Å². The first-order valence-corrected chi connectivity index (χ1v) is 12.4. The van der Waals surface area contributed by atoms with Gasteiger partial charge >= 0.3 is 0 Å². The van der Waals surface area contributed by atoms with Gasteiger partial charge in [-0.15, -0.1) is 0 Å². The summed E-state index contributed by atoms with van der Waals surface area (Å²) >= 11 is 0. The molecule has 4 aromatic rings. The summed E-state index contributed by atoms with van der Waals surface area (Å²) in [7, 11) is 0. The predicted molar refractivity (Wildman–Crippen MR) is 142 cm³/mol. The molecule has 0 atom stereocenters. The number of anilines is 4. The Labute approximate surface area is 217 Å². The van der Waals surface area contributed by atoms with Crippen LogP contribution in [0.5, 0.6) is 0 Å². The molecule has 2 fully saturated rings. The number of hydrogen-bond acceptors (Lipinski definition) is 5. The van der Waals surface area contributed by atoms with Crippen molar-refractivity contribution in [3.63, 3.8) is 0 Å².